The third-order valence-electron chi connectivity index (χ3n) is 5.45. The van der Waals surface area contributed by atoms with Crippen molar-refractivity contribution in [2.75, 3.05) is 19.4 Å². The quantitative estimate of drug-likeness (QED) is 0.488. The topological polar surface area (TPSA) is 95.4 Å². The number of anilines is 1. The number of benzene rings is 1. The number of nitrogens with zero attached hydrogens (tertiary/aromatic N) is 4. The summed E-state index contributed by atoms with van der Waals surface area (Å²) in [6.45, 7) is 0. The second kappa shape index (κ2) is 7.27. The molecule has 11 heteroatoms. The van der Waals surface area contributed by atoms with Crippen molar-refractivity contribution in [3.05, 3.63) is 47.1 Å². The summed E-state index contributed by atoms with van der Waals surface area (Å²) < 4.78 is 30.0. The van der Waals surface area contributed by atoms with Crippen LogP contribution in [0.4, 0.5) is 14.6 Å². The van der Waals surface area contributed by atoms with Crippen LogP contribution in [0, 0.1) is 11.7 Å². The van der Waals surface area contributed by atoms with Gasteiger partial charge >= 0.3 is 0 Å². The number of pyridine rings is 1. The highest BCUT2D eigenvalue weighted by Gasteiger charge is 2.43. The van der Waals surface area contributed by atoms with E-state index in [-0.39, 0.29) is 28.3 Å². The Morgan fingerprint density at radius 1 is 1.31 bits per heavy atom. The first-order valence-electron chi connectivity index (χ1n) is 9.76. The average Bonchev–Trinajstić information content (AvgIpc) is 3.11. The normalized spacial score (nSPS) is 17.7. The molecule has 1 saturated carbocycles. The fourth-order valence-electron chi connectivity index (χ4n) is 3.67. The van der Waals surface area contributed by atoms with Crippen LogP contribution in [0.2, 0.25) is 5.02 Å². The zero-order chi connectivity index (χ0) is 22.7. The molecule has 1 aromatic carbocycles. The number of aromatic nitrogens is 4. The summed E-state index contributed by atoms with van der Waals surface area (Å²) in [5.41, 5.74) is 1.50. The lowest BCUT2D eigenvalue weighted by Gasteiger charge is -2.15. The summed E-state index contributed by atoms with van der Waals surface area (Å²) in [4.78, 5) is 30.1. The van der Waals surface area contributed by atoms with E-state index in [0.29, 0.717) is 22.2 Å². The minimum atomic E-state index is -1.10. The molecule has 3 aromatic heterocycles. The molecule has 164 valence electrons. The number of fused-ring (bicyclic) bond motifs is 2. The van der Waals surface area contributed by atoms with Gasteiger partial charge in [-0.3, -0.25) is 14.7 Å². The van der Waals surface area contributed by atoms with E-state index in [1.54, 1.807) is 28.9 Å². The van der Waals surface area contributed by atoms with E-state index in [0.717, 1.165) is 0 Å². The number of rotatable bonds is 4. The number of imidazole rings is 1. The molecular weight excluding hydrogens is 442 g/mol. The molecule has 3 heterocycles. The molecule has 0 bridgehead atoms. The van der Waals surface area contributed by atoms with Crippen LogP contribution in [0.3, 0.4) is 0 Å². The summed E-state index contributed by atoms with van der Waals surface area (Å²) >= 11 is 6.39. The van der Waals surface area contributed by atoms with Crippen LogP contribution in [0.5, 0.6) is 0 Å². The van der Waals surface area contributed by atoms with Gasteiger partial charge in [-0.15, -0.1) is 0 Å². The molecule has 1 aliphatic rings. The first-order valence-corrected chi connectivity index (χ1v) is 10.1. The van der Waals surface area contributed by atoms with E-state index in [2.05, 4.69) is 20.5 Å². The number of aromatic amines is 1. The van der Waals surface area contributed by atoms with E-state index >= 15 is 4.39 Å². The van der Waals surface area contributed by atoms with Crippen molar-refractivity contribution < 1.29 is 18.4 Å². The standard InChI is InChI=1S/C21H17ClF2N6O2/c1-29(2)21(32)16-18(24)17(22)15(11-6-25-28-19(11)16)9-3-4-14-26-13(8-30(14)7-9)27-20(31)10-5-12(10)23/h3-4,6-8,10,12H,5H2,1-2H3,(H,25,28)(H,27,31)/t10-,12+/m1/s1. The number of H-pyrrole nitrogens is 1. The zero-order valence-electron chi connectivity index (χ0n) is 17.0. The number of halogens is 3. The first-order chi connectivity index (χ1) is 15.3. The third-order valence-corrected chi connectivity index (χ3v) is 5.81. The molecule has 1 aliphatic carbocycles. The highest BCUT2D eigenvalue weighted by Crippen LogP contribution is 2.39. The summed E-state index contributed by atoms with van der Waals surface area (Å²) in [7, 11) is 3.04. The number of carbonyl (C=O) groups excluding carboxylic acids is 2. The van der Waals surface area contributed by atoms with Crippen molar-refractivity contribution in [3.63, 3.8) is 0 Å². The number of amides is 2. The Morgan fingerprint density at radius 3 is 2.75 bits per heavy atom. The smallest absolute Gasteiger partial charge is 0.258 e. The summed E-state index contributed by atoms with van der Waals surface area (Å²) in [5, 5.41) is 9.55. The molecule has 2 N–H and O–H groups in total. The monoisotopic (exact) mass is 458 g/mol. The van der Waals surface area contributed by atoms with Gasteiger partial charge in [0.2, 0.25) is 5.91 Å². The summed E-state index contributed by atoms with van der Waals surface area (Å²) in [5.74, 6) is -2.14. The second-order valence-corrected chi connectivity index (χ2v) is 8.27. The van der Waals surface area contributed by atoms with Gasteiger partial charge in [-0.1, -0.05) is 11.6 Å². The molecule has 0 radical (unpaired) electrons. The number of alkyl halides is 1. The largest absolute Gasteiger partial charge is 0.345 e. The van der Waals surface area contributed by atoms with E-state index < -0.39 is 29.7 Å². The van der Waals surface area contributed by atoms with Gasteiger partial charge in [-0.05, 0) is 18.6 Å². The zero-order valence-corrected chi connectivity index (χ0v) is 17.7. The SMILES string of the molecule is CN(C)C(=O)c1c(F)c(Cl)c(-c2ccc3nc(NC(=O)[C@@H]4C[C@@H]4F)cn3c2)c2cn[nH]c12. The Kier molecular flexibility index (Phi) is 4.63. The van der Waals surface area contributed by atoms with Crippen molar-refractivity contribution in [2.45, 2.75) is 12.6 Å². The molecule has 2 amide bonds. The highest BCUT2D eigenvalue weighted by molar-refractivity contribution is 6.36. The molecule has 0 unspecified atom stereocenters. The Hall–Kier alpha value is -3.53. The minimum Gasteiger partial charge on any atom is -0.345 e. The van der Waals surface area contributed by atoms with Gasteiger partial charge < -0.3 is 14.6 Å². The molecule has 5 rings (SSSR count). The molecule has 0 aliphatic heterocycles. The molecule has 32 heavy (non-hydrogen) atoms. The number of hydrogen-bond acceptors (Lipinski definition) is 4. The van der Waals surface area contributed by atoms with E-state index in [1.807, 2.05) is 0 Å². The summed E-state index contributed by atoms with van der Waals surface area (Å²) in [6.07, 6.45) is 3.85. The maximum Gasteiger partial charge on any atom is 0.258 e. The van der Waals surface area contributed by atoms with Crippen LogP contribution in [-0.4, -0.2) is 56.6 Å². The van der Waals surface area contributed by atoms with Gasteiger partial charge in [0.25, 0.3) is 5.91 Å². The van der Waals surface area contributed by atoms with Gasteiger partial charge in [0.15, 0.2) is 11.6 Å². The van der Waals surface area contributed by atoms with Crippen molar-refractivity contribution in [1.82, 2.24) is 24.5 Å². The fraction of sp³-hybridized carbons (Fsp3) is 0.238. The molecule has 8 nitrogen and oxygen atoms in total. The lowest BCUT2D eigenvalue weighted by atomic mass is 9.99. The van der Waals surface area contributed by atoms with E-state index in [4.69, 9.17) is 11.6 Å². The second-order valence-electron chi connectivity index (χ2n) is 7.89. The molecule has 2 atom stereocenters. The third kappa shape index (κ3) is 3.18. The molecule has 4 aromatic rings. The first kappa shape index (κ1) is 20.4. The van der Waals surface area contributed by atoms with Crippen LogP contribution in [-0.2, 0) is 4.79 Å². The van der Waals surface area contributed by atoms with Gasteiger partial charge in [0.05, 0.1) is 28.9 Å². The predicted molar refractivity (Wildman–Crippen MR) is 115 cm³/mol. The summed E-state index contributed by atoms with van der Waals surface area (Å²) in [6, 6.07) is 3.38. The lowest BCUT2D eigenvalue weighted by Crippen LogP contribution is -2.23. The van der Waals surface area contributed by atoms with Gasteiger partial charge in [0.1, 0.15) is 17.4 Å². The van der Waals surface area contributed by atoms with Crippen LogP contribution in [0.1, 0.15) is 16.8 Å². The van der Waals surface area contributed by atoms with Gasteiger partial charge in [-0.25, -0.2) is 13.8 Å². The maximum atomic E-state index is 15.2. The Morgan fingerprint density at radius 2 is 2.06 bits per heavy atom. The Labute approximate surface area is 185 Å². The van der Waals surface area contributed by atoms with Crippen LogP contribution >= 0.6 is 11.6 Å². The van der Waals surface area contributed by atoms with E-state index in [1.165, 1.54) is 25.2 Å². The Balaban J connectivity index is 1.59. The van der Waals surface area contributed by atoms with E-state index in [9.17, 15) is 14.0 Å². The maximum absolute atomic E-state index is 15.2. The van der Waals surface area contributed by atoms with Gasteiger partial charge in [0, 0.05) is 36.8 Å². The van der Waals surface area contributed by atoms with Crippen molar-refractivity contribution in [3.8, 4) is 11.1 Å². The molecule has 0 spiro atoms. The van der Waals surface area contributed by atoms with Crippen LogP contribution in [0.25, 0.3) is 27.7 Å². The number of nitrogens with one attached hydrogen (secondary N) is 2. The molecule has 0 saturated heterocycles. The van der Waals surface area contributed by atoms with Crippen molar-refractivity contribution in [2.24, 2.45) is 5.92 Å². The van der Waals surface area contributed by atoms with Crippen LogP contribution < -0.4 is 5.32 Å². The van der Waals surface area contributed by atoms with Crippen molar-refractivity contribution in [1.29, 1.82) is 0 Å². The predicted octanol–water partition coefficient (Wildman–Crippen LogP) is 3.67. The number of hydrogen-bond donors (Lipinski definition) is 2. The van der Waals surface area contributed by atoms with Crippen LogP contribution in [0.15, 0.2) is 30.7 Å². The molecule has 1 fully saturated rings. The average molecular weight is 459 g/mol. The molecular formula is C21H17ClF2N6O2. The van der Waals surface area contributed by atoms with Crippen molar-refractivity contribution >= 4 is 45.8 Å². The number of carbonyl (C=O) groups is 2. The Bertz CT molecular complexity index is 1410. The lowest BCUT2D eigenvalue weighted by molar-refractivity contribution is -0.117. The van der Waals surface area contributed by atoms with Gasteiger partial charge in [-0.2, -0.15) is 5.10 Å². The minimum absolute atomic E-state index is 0.184. The highest BCUT2D eigenvalue weighted by atomic mass is 35.5. The fourth-order valence-corrected chi connectivity index (χ4v) is 3.98.